The van der Waals surface area contributed by atoms with Crippen molar-refractivity contribution in [3.8, 4) is 0 Å². The maximum atomic E-state index is 11.9. The first-order chi connectivity index (χ1) is 9.04. The zero-order valence-electron chi connectivity index (χ0n) is 11.4. The van der Waals surface area contributed by atoms with Gasteiger partial charge in [0.05, 0.1) is 4.88 Å². The van der Waals surface area contributed by atoms with Crippen LogP contribution in [0.1, 0.15) is 29.1 Å². The predicted octanol–water partition coefficient (Wildman–Crippen LogP) is 2.35. The molecule has 0 unspecified atom stereocenters. The summed E-state index contributed by atoms with van der Waals surface area (Å²) in [5, 5.41) is 1.14. The predicted molar refractivity (Wildman–Crippen MR) is 80.1 cm³/mol. The molecule has 1 aromatic carbocycles. The van der Waals surface area contributed by atoms with E-state index in [9.17, 15) is 4.79 Å². The van der Waals surface area contributed by atoms with E-state index in [0.29, 0.717) is 10.9 Å². The molecule has 0 fully saturated rings. The number of nitrogen functional groups attached to an aromatic ring is 1. The van der Waals surface area contributed by atoms with Gasteiger partial charge in [0.15, 0.2) is 0 Å². The van der Waals surface area contributed by atoms with Gasteiger partial charge in [0.2, 0.25) is 0 Å². The lowest BCUT2D eigenvalue weighted by Crippen LogP contribution is -2.31. The number of amides is 1. The summed E-state index contributed by atoms with van der Waals surface area (Å²) in [4.78, 5) is 14.8. The standard InChI is InChI=1S/C14H19N3OS/c1-9(2)17(3)8-11-10-6-4-5-7-12(10)19-13(11)14(18)16-15/h4-7,9H,8,15H2,1-3H3,(H,16,18). The molecule has 3 N–H and O–H groups in total. The van der Waals surface area contributed by atoms with E-state index in [-0.39, 0.29) is 5.91 Å². The second-order valence-corrected chi connectivity index (χ2v) is 5.94. The van der Waals surface area contributed by atoms with Crippen LogP contribution >= 0.6 is 11.3 Å². The minimum atomic E-state index is -0.214. The van der Waals surface area contributed by atoms with Gasteiger partial charge in [-0.15, -0.1) is 11.3 Å². The van der Waals surface area contributed by atoms with Crippen molar-refractivity contribution < 1.29 is 4.79 Å². The molecular weight excluding hydrogens is 258 g/mol. The SMILES string of the molecule is CC(C)N(C)Cc1c(C(=O)NN)sc2ccccc12. The summed E-state index contributed by atoms with van der Waals surface area (Å²) < 4.78 is 1.12. The molecule has 102 valence electrons. The van der Waals surface area contributed by atoms with Gasteiger partial charge in [-0.3, -0.25) is 15.1 Å². The molecule has 0 aliphatic carbocycles. The summed E-state index contributed by atoms with van der Waals surface area (Å²) in [5.74, 6) is 5.06. The number of fused-ring (bicyclic) bond motifs is 1. The molecule has 0 saturated heterocycles. The molecule has 1 heterocycles. The Bertz CT molecular complexity index is 591. The summed E-state index contributed by atoms with van der Waals surface area (Å²) in [7, 11) is 2.06. The Balaban J connectivity index is 2.51. The van der Waals surface area contributed by atoms with Crippen LogP contribution < -0.4 is 11.3 Å². The fourth-order valence-electron chi connectivity index (χ4n) is 1.94. The van der Waals surface area contributed by atoms with E-state index in [1.807, 2.05) is 18.2 Å². The summed E-state index contributed by atoms with van der Waals surface area (Å²) in [6.07, 6.45) is 0. The smallest absolute Gasteiger partial charge is 0.275 e. The number of rotatable bonds is 4. The molecule has 0 spiro atoms. The molecule has 4 nitrogen and oxygen atoms in total. The van der Waals surface area contributed by atoms with E-state index in [0.717, 1.165) is 22.2 Å². The monoisotopic (exact) mass is 277 g/mol. The first-order valence-electron chi connectivity index (χ1n) is 6.26. The highest BCUT2D eigenvalue weighted by Crippen LogP contribution is 2.32. The molecule has 1 aromatic heterocycles. The fourth-order valence-corrected chi connectivity index (χ4v) is 3.05. The number of nitrogens with one attached hydrogen (secondary N) is 1. The maximum absolute atomic E-state index is 11.9. The second kappa shape index (κ2) is 5.69. The van der Waals surface area contributed by atoms with Gasteiger partial charge >= 0.3 is 0 Å². The number of thiophene rings is 1. The molecule has 1 amide bonds. The van der Waals surface area contributed by atoms with E-state index < -0.39 is 0 Å². The third-order valence-electron chi connectivity index (χ3n) is 3.32. The van der Waals surface area contributed by atoms with Gasteiger partial charge in [-0.05, 0) is 37.9 Å². The molecule has 19 heavy (non-hydrogen) atoms. The van der Waals surface area contributed by atoms with E-state index in [1.165, 1.54) is 11.3 Å². The van der Waals surface area contributed by atoms with Gasteiger partial charge in [0.1, 0.15) is 0 Å². The second-order valence-electron chi connectivity index (χ2n) is 4.89. The van der Waals surface area contributed by atoms with Crippen molar-refractivity contribution in [1.82, 2.24) is 10.3 Å². The highest BCUT2D eigenvalue weighted by molar-refractivity contribution is 7.21. The van der Waals surface area contributed by atoms with Crippen molar-refractivity contribution in [2.45, 2.75) is 26.4 Å². The highest BCUT2D eigenvalue weighted by Gasteiger charge is 2.19. The Hall–Kier alpha value is -1.43. The third-order valence-corrected chi connectivity index (χ3v) is 4.54. The number of hydrazine groups is 1. The third kappa shape index (κ3) is 2.78. The molecule has 2 aromatic rings. The Kier molecular flexibility index (Phi) is 4.19. The zero-order valence-corrected chi connectivity index (χ0v) is 12.3. The Morgan fingerprint density at radius 2 is 2.11 bits per heavy atom. The highest BCUT2D eigenvalue weighted by atomic mass is 32.1. The molecule has 0 aliphatic heterocycles. The van der Waals surface area contributed by atoms with Crippen LogP contribution in [-0.2, 0) is 6.54 Å². The number of carbonyl (C=O) groups excluding carboxylic acids is 1. The first-order valence-corrected chi connectivity index (χ1v) is 7.07. The van der Waals surface area contributed by atoms with Crippen molar-refractivity contribution in [1.29, 1.82) is 0 Å². The molecule has 0 aliphatic rings. The van der Waals surface area contributed by atoms with Crippen LogP contribution in [0.5, 0.6) is 0 Å². The number of nitrogens with zero attached hydrogens (tertiary/aromatic N) is 1. The minimum Gasteiger partial charge on any atom is -0.300 e. The lowest BCUT2D eigenvalue weighted by Gasteiger charge is -2.21. The number of hydrogen-bond donors (Lipinski definition) is 2. The summed E-state index contributed by atoms with van der Waals surface area (Å²) in [6, 6.07) is 8.50. The molecule has 5 heteroatoms. The van der Waals surface area contributed by atoms with Crippen molar-refractivity contribution >= 4 is 27.3 Å². The van der Waals surface area contributed by atoms with Crippen LogP contribution in [0.25, 0.3) is 10.1 Å². The zero-order chi connectivity index (χ0) is 14.0. The minimum absolute atomic E-state index is 0.214. The van der Waals surface area contributed by atoms with Crippen LogP contribution in [0.15, 0.2) is 24.3 Å². The van der Waals surface area contributed by atoms with Gasteiger partial charge in [-0.2, -0.15) is 0 Å². The van der Waals surface area contributed by atoms with E-state index in [4.69, 9.17) is 5.84 Å². The Labute approximate surface area is 117 Å². The van der Waals surface area contributed by atoms with E-state index >= 15 is 0 Å². The van der Waals surface area contributed by atoms with E-state index in [2.05, 4.69) is 37.3 Å². The van der Waals surface area contributed by atoms with Crippen molar-refractivity contribution in [2.24, 2.45) is 5.84 Å². The van der Waals surface area contributed by atoms with E-state index in [1.54, 1.807) is 0 Å². The lowest BCUT2D eigenvalue weighted by molar-refractivity contribution is 0.0956. The van der Waals surface area contributed by atoms with Gasteiger partial charge in [0.25, 0.3) is 5.91 Å². The van der Waals surface area contributed by atoms with Gasteiger partial charge < -0.3 is 0 Å². The number of nitrogens with two attached hydrogens (primary N) is 1. The molecule has 0 bridgehead atoms. The first kappa shape index (κ1) is 14.0. The summed E-state index contributed by atoms with van der Waals surface area (Å²) in [6.45, 7) is 5.01. The molecular formula is C14H19N3OS. The summed E-state index contributed by atoms with van der Waals surface area (Å²) in [5.41, 5.74) is 3.29. The maximum Gasteiger partial charge on any atom is 0.275 e. The topological polar surface area (TPSA) is 58.4 Å². The van der Waals surface area contributed by atoms with Gasteiger partial charge in [-0.1, -0.05) is 18.2 Å². The van der Waals surface area contributed by atoms with Crippen LogP contribution in [-0.4, -0.2) is 23.9 Å². The molecule has 0 saturated carbocycles. The van der Waals surface area contributed by atoms with Gasteiger partial charge in [0, 0.05) is 17.3 Å². The fraction of sp³-hybridized carbons (Fsp3) is 0.357. The lowest BCUT2D eigenvalue weighted by atomic mass is 10.1. The largest absolute Gasteiger partial charge is 0.300 e. The van der Waals surface area contributed by atoms with Crippen molar-refractivity contribution in [3.63, 3.8) is 0 Å². The van der Waals surface area contributed by atoms with Crippen molar-refractivity contribution in [3.05, 3.63) is 34.7 Å². The Morgan fingerprint density at radius 3 is 2.74 bits per heavy atom. The molecule has 2 rings (SSSR count). The number of benzene rings is 1. The quantitative estimate of drug-likeness (QED) is 0.512. The average molecular weight is 277 g/mol. The van der Waals surface area contributed by atoms with Gasteiger partial charge in [-0.25, -0.2) is 5.84 Å². The Morgan fingerprint density at radius 1 is 1.42 bits per heavy atom. The van der Waals surface area contributed by atoms with Crippen LogP contribution in [0.3, 0.4) is 0 Å². The van der Waals surface area contributed by atoms with Crippen LogP contribution in [0, 0.1) is 0 Å². The molecule has 0 atom stereocenters. The van der Waals surface area contributed by atoms with Crippen molar-refractivity contribution in [2.75, 3.05) is 7.05 Å². The molecule has 0 radical (unpaired) electrons. The summed E-state index contributed by atoms with van der Waals surface area (Å²) >= 11 is 1.49. The van der Waals surface area contributed by atoms with Crippen LogP contribution in [0.2, 0.25) is 0 Å². The number of carbonyl (C=O) groups is 1. The average Bonchev–Trinajstić information content (AvgIpc) is 2.77. The van der Waals surface area contributed by atoms with Crippen LogP contribution in [0.4, 0.5) is 0 Å². The normalized spacial score (nSPS) is 11.5. The number of hydrogen-bond acceptors (Lipinski definition) is 4.